The van der Waals surface area contributed by atoms with E-state index < -0.39 is 0 Å². The van der Waals surface area contributed by atoms with Crippen LogP contribution in [0, 0.1) is 12.3 Å². The average molecular weight is 239 g/mol. The van der Waals surface area contributed by atoms with Crippen LogP contribution in [0.5, 0.6) is 0 Å². The maximum Gasteiger partial charge on any atom is 0.0685 e. The Morgan fingerprint density at radius 3 is 3.06 bits per heavy atom. The molecule has 0 aliphatic carbocycles. The highest BCUT2D eigenvalue weighted by Gasteiger charge is 2.05. The van der Waals surface area contributed by atoms with E-state index in [2.05, 4.69) is 40.7 Å². The van der Waals surface area contributed by atoms with Gasteiger partial charge in [-0.3, -0.25) is 9.58 Å². The van der Waals surface area contributed by atoms with E-state index in [1.165, 1.54) is 0 Å². The Morgan fingerprint density at radius 2 is 2.33 bits per heavy atom. The third-order valence-electron chi connectivity index (χ3n) is 2.98. The molecule has 0 atom stereocenters. The lowest BCUT2D eigenvalue weighted by Crippen LogP contribution is -2.20. The predicted octanol–water partition coefficient (Wildman–Crippen LogP) is 2.15. The Balaban J connectivity index is 2.23. The second kappa shape index (κ2) is 5.07. The van der Waals surface area contributed by atoms with Crippen molar-refractivity contribution in [2.75, 3.05) is 20.1 Å². The summed E-state index contributed by atoms with van der Waals surface area (Å²) in [4.78, 5) is 2.07. The van der Waals surface area contributed by atoms with Crippen molar-refractivity contribution in [3.63, 3.8) is 0 Å². The Morgan fingerprint density at radius 1 is 1.56 bits per heavy atom. The van der Waals surface area contributed by atoms with Gasteiger partial charge >= 0.3 is 0 Å². The van der Waals surface area contributed by atoms with Gasteiger partial charge in [-0.1, -0.05) is 24.6 Å². The molecule has 2 aromatic rings. The van der Waals surface area contributed by atoms with E-state index in [0.717, 1.165) is 28.6 Å². The molecule has 0 radical (unpaired) electrons. The van der Waals surface area contributed by atoms with E-state index in [9.17, 15) is 0 Å². The van der Waals surface area contributed by atoms with E-state index >= 15 is 0 Å². The van der Waals surface area contributed by atoms with Crippen LogP contribution < -0.4 is 0 Å². The van der Waals surface area contributed by atoms with Crippen LogP contribution in [0.2, 0.25) is 0 Å². The molecule has 1 aromatic carbocycles. The highest BCUT2D eigenvalue weighted by atomic mass is 15.2. The van der Waals surface area contributed by atoms with Gasteiger partial charge in [-0.2, -0.15) is 5.10 Å². The molecule has 1 heterocycles. The highest BCUT2D eigenvalue weighted by molar-refractivity contribution is 5.83. The molecule has 3 nitrogen and oxygen atoms in total. The zero-order valence-electron chi connectivity index (χ0n) is 10.8. The monoisotopic (exact) mass is 239 g/mol. The summed E-state index contributed by atoms with van der Waals surface area (Å²) in [5, 5.41) is 5.38. The lowest BCUT2D eigenvalue weighted by molar-refractivity contribution is 0.425. The summed E-state index contributed by atoms with van der Waals surface area (Å²) in [5.41, 5.74) is 3.32. The Hall–Kier alpha value is -2.05. The summed E-state index contributed by atoms with van der Waals surface area (Å²) in [6, 6.07) is 6.27. The fraction of sp³-hybridized carbons (Fsp3) is 0.267. The van der Waals surface area contributed by atoms with Crippen molar-refractivity contribution in [1.82, 2.24) is 14.7 Å². The molecule has 0 saturated carbocycles. The molecule has 3 heteroatoms. The number of aromatic nitrogens is 2. The molecule has 1 aromatic heterocycles. The first-order valence-corrected chi connectivity index (χ1v) is 5.83. The fourth-order valence-electron chi connectivity index (χ4n) is 1.99. The second-order valence-electron chi connectivity index (χ2n) is 4.52. The van der Waals surface area contributed by atoms with Crippen LogP contribution in [-0.2, 0) is 7.05 Å². The van der Waals surface area contributed by atoms with Crippen LogP contribution >= 0.6 is 0 Å². The van der Waals surface area contributed by atoms with E-state index in [1.807, 2.05) is 25.0 Å². The minimum Gasteiger partial charge on any atom is -0.291 e. The molecule has 18 heavy (non-hydrogen) atoms. The molecule has 0 spiro atoms. The number of likely N-dealkylation sites (N-methyl/N-ethyl adjacent to an activating group) is 1. The van der Waals surface area contributed by atoms with E-state index in [1.54, 1.807) is 0 Å². The maximum absolute atomic E-state index is 5.29. The zero-order valence-corrected chi connectivity index (χ0v) is 10.8. The van der Waals surface area contributed by atoms with Crippen molar-refractivity contribution in [2.45, 2.75) is 0 Å². The first-order valence-electron chi connectivity index (χ1n) is 5.83. The third-order valence-corrected chi connectivity index (χ3v) is 2.98. The summed E-state index contributed by atoms with van der Waals surface area (Å²) in [6.07, 6.45) is 7.16. The predicted molar refractivity (Wildman–Crippen MR) is 76.1 cm³/mol. The van der Waals surface area contributed by atoms with Gasteiger partial charge < -0.3 is 0 Å². The van der Waals surface area contributed by atoms with Crippen LogP contribution in [0.15, 0.2) is 31.0 Å². The van der Waals surface area contributed by atoms with Gasteiger partial charge in [-0.05, 0) is 24.3 Å². The van der Waals surface area contributed by atoms with Gasteiger partial charge in [0.15, 0.2) is 0 Å². The van der Waals surface area contributed by atoms with Gasteiger partial charge in [0, 0.05) is 19.0 Å². The molecule has 0 aliphatic rings. The highest BCUT2D eigenvalue weighted by Crippen LogP contribution is 2.20. The molecular formula is C15H17N3. The smallest absolute Gasteiger partial charge is 0.0685 e. The van der Waals surface area contributed by atoms with Crippen molar-refractivity contribution in [3.8, 4) is 12.3 Å². The van der Waals surface area contributed by atoms with Crippen molar-refractivity contribution in [1.29, 1.82) is 0 Å². The van der Waals surface area contributed by atoms with E-state index in [0.29, 0.717) is 6.54 Å². The molecule has 92 valence electrons. The molecule has 0 fully saturated rings. The Kier molecular flexibility index (Phi) is 3.50. The maximum atomic E-state index is 5.29. The molecule has 0 bridgehead atoms. The number of benzene rings is 1. The SMILES string of the molecule is C#CCN(C)CC(=C)c1ccc2cnn(C)c2c1. The number of hydrogen-bond acceptors (Lipinski definition) is 2. The minimum absolute atomic E-state index is 0.632. The minimum atomic E-state index is 0.632. The molecule has 0 N–H and O–H groups in total. The van der Waals surface area contributed by atoms with Crippen molar-refractivity contribution in [3.05, 3.63) is 36.5 Å². The quantitative estimate of drug-likeness (QED) is 0.762. The average Bonchev–Trinajstić information content (AvgIpc) is 2.71. The van der Waals surface area contributed by atoms with Crippen molar-refractivity contribution >= 4 is 16.5 Å². The molecule has 0 unspecified atom stereocenters. The van der Waals surface area contributed by atoms with Gasteiger partial charge in [0.2, 0.25) is 0 Å². The fourth-order valence-corrected chi connectivity index (χ4v) is 1.99. The van der Waals surface area contributed by atoms with E-state index in [4.69, 9.17) is 6.42 Å². The van der Waals surface area contributed by atoms with Crippen molar-refractivity contribution < 1.29 is 0 Å². The van der Waals surface area contributed by atoms with Gasteiger partial charge in [0.1, 0.15) is 0 Å². The normalized spacial score (nSPS) is 10.8. The van der Waals surface area contributed by atoms with Gasteiger partial charge in [0.25, 0.3) is 0 Å². The second-order valence-corrected chi connectivity index (χ2v) is 4.52. The number of fused-ring (bicyclic) bond motifs is 1. The van der Waals surface area contributed by atoms with Gasteiger partial charge in [-0.15, -0.1) is 6.42 Å². The lowest BCUT2D eigenvalue weighted by Gasteiger charge is -2.15. The first kappa shape index (κ1) is 12.4. The van der Waals surface area contributed by atoms with Gasteiger partial charge in [-0.25, -0.2) is 0 Å². The summed E-state index contributed by atoms with van der Waals surface area (Å²) in [5.74, 6) is 2.63. The molecule has 2 rings (SSSR count). The van der Waals surface area contributed by atoms with Crippen LogP contribution in [0.3, 0.4) is 0 Å². The lowest BCUT2D eigenvalue weighted by atomic mass is 10.1. The molecular weight excluding hydrogens is 222 g/mol. The number of aryl methyl sites for hydroxylation is 1. The van der Waals surface area contributed by atoms with Gasteiger partial charge in [0.05, 0.1) is 18.3 Å². The van der Waals surface area contributed by atoms with Crippen molar-refractivity contribution in [2.24, 2.45) is 7.05 Å². The zero-order chi connectivity index (χ0) is 13.1. The number of hydrogen-bond donors (Lipinski definition) is 0. The number of terminal acetylenes is 1. The van der Waals surface area contributed by atoms with E-state index in [-0.39, 0.29) is 0 Å². The third kappa shape index (κ3) is 2.44. The summed E-state index contributed by atoms with van der Waals surface area (Å²) < 4.78 is 1.87. The molecule has 0 amide bonds. The number of nitrogens with zero attached hydrogens (tertiary/aromatic N) is 3. The first-order chi connectivity index (χ1) is 8.61. The Labute approximate surface area is 108 Å². The standard InChI is InChI=1S/C15H17N3/c1-5-8-17(3)11-12(2)13-6-7-14-10-16-18(4)15(14)9-13/h1,6-7,9-10H,2,8,11H2,3-4H3. The molecule has 0 aliphatic heterocycles. The summed E-state index contributed by atoms with van der Waals surface area (Å²) >= 11 is 0. The summed E-state index contributed by atoms with van der Waals surface area (Å²) in [6.45, 7) is 5.53. The van der Waals surface area contributed by atoms with Crippen LogP contribution in [0.1, 0.15) is 5.56 Å². The van der Waals surface area contributed by atoms with Crippen LogP contribution in [0.4, 0.5) is 0 Å². The summed E-state index contributed by atoms with van der Waals surface area (Å²) in [7, 11) is 3.94. The van der Waals surface area contributed by atoms with Crippen LogP contribution in [-0.4, -0.2) is 34.8 Å². The topological polar surface area (TPSA) is 21.1 Å². The largest absolute Gasteiger partial charge is 0.291 e. The van der Waals surface area contributed by atoms with Crippen LogP contribution in [0.25, 0.3) is 16.5 Å². The number of rotatable bonds is 4. The molecule has 0 saturated heterocycles. The Bertz CT molecular complexity index is 616.